The summed E-state index contributed by atoms with van der Waals surface area (Å²) in [4.78, 5) is 24.8. The highest BCUT2D eigenvalue weighted by Gasteiger charge is 2.33. The molecule has 5 rings (SSSR count). The van der Waals surface area contributed by atoms with Crippen LogP contribution in [0, 0.1) is 11.8 Å². The highest BCUT2D eigenvalue weighted by atomic mass is 19.1. The van der Waals surface area contributed by atoms with Crippen LogP contribution in [-0.2, 0) is 4.79 Å². The van der Waals surface area contributed by atoms with Gasteiger partial charge in [-0.3, -0.25) is 9.69 Å². The Hall–Kier alpha value is -4.17. The number of carbonyl (C=O) groups is 1. The molecule has 1 atom stereocenters. The number of methoxy groups -OCH3 is 2. The molecule has 2 N–H and O–H groups in total. The highest BCUT2D eigenvalue weighted by Crippen LogP contribution is 2.29. The van der Waals surface area contributed by atoms with Gasteiger partial charge < -0.3 is 20.1 Å². The number of nitrogens with two attached hydrogens (primary N) is 1. The van der Waals surface area contributed by atoms with E-state index in [1.807, 2.05) is 4.90 Å². The molecule has 192 valence electrons. The lowest BCUT2D eigenvalue weighted by atomic mass is 10.1. The first-order chi connectivity index (χ1) is 17.9. The molecule has 0 saturated carbocycles. The van der Waals surface area contributed by atoms with Crippen LogP contribution in [0.15, 0.2) is 36.7 Å². The third-order valence-corrected chi connectivity index (χ3v) is 6.55. The Kier molecular flexibility index (Phi) is 6.92. The van der Waals surface area contributed by atoms with Crippen LogP contribution in [0.5, 0.6) is 11.5 Å². The molecule has 0 spiro atoms. The van der Waals surface area contributed by atoms with Gasteiger partial charge in [0.2, 0.25) is 5.91 Å². The molecule has 1 amide bonds. The van der Waals surface area contributed by atoms with E-state index in [1.54, 1.807) is 54.2 Å². The summed E-state index contributed by atoms with van der Waals surface area (Å²) >= 11 is 0. The zero-order valence-corrected chi connectivity index (χ0v) is 20.7. The minimum Gasteiger partial charge on any atom is -0.497 e. The molecular weight excluding hydrogens is 477 g/mol. The molecule has 2 saturated heterocycles. The van der Waals surface area contributed by atoms with Crippen molar-refractivity contribution in [1.82, 2.24) is 29.5 Å². The lowest BCUT2D eigenvalue weighted by molar-refractivity contribution is -0.131. The topological polar surface area (TPSA) is 112 Å². The predicted molar refractivity (Wildman–Crippen MR) is 136 cm³/mol. The van der Waals surface area contributed by atoms with Crippen LogP contribution in [-0.4, -0.2) is 88.6 Å². The van der Waals surface area contributed by atoms with E-state index in [-0.39, 0.29) is 17.8 Å². The van der Waals surface area contributed by atoms with Crippen molar-refractivity contribution in [3.05, 3.63) is 47.9 Å². The van der Waals surface area contributed by atoms with Gasteiger partial charge in [0, 0.05) is 50.4 Å². The number of halogens is 1. The molecule has 2 fully saturated rings. The number of fused-ring (bicyclic) bond motifs is 1. The number of rotatable bonds is 6. The van der Waals surface area contributed by atoms with Gasteiger partial charge in [0.1, 0.15) is 35.5 Å². The second kappa shape index (κ2) is 10.4. The van der Waals surface area contributed by atoms with Crippen LogP contribution >= 0.6 is 0 Å². The van der Waals surface area contributed by atoms with Crippen molar-refractivity contribution in [2.75, 3.05) is 52.7 Å². The third-order valence-electron chi connectivity index (χ3n) is 6.55. The zero-order chi connectivity index (χ0) is 25.9. The van der Waals surface area contributed by atoms with Crippen LogP contribution in [0.3, 0.4) is 0 Å². The van der Waals surface area contributed by atoms with Crippen molar-refractivity contribution in [2.24, 2.45) is 0 Å². The molecule has 1 unspecified atom stereocenters. The molecule has 0 bridgehead atoms. The fourth-order valence-electron chi connectivity index (χ4n) is 4.50. The van der Waals surface area contributed by atoms with Gasteiger partial charge in [0.25, 0.3) is 0 Å². The fourth-order valence-corrected chi connectivity index (χ4v) is 4.50. The summed E-state index contributed by atoms with van der Waals surface area (Å²) in [6.07, 6.45) is 4.54. The van der Waals surface area contributed by atoms with E-state index in [4.69, 9.17) is 15.2 Å². The number of likely N-dealkylation sites (tertiary alicyclic amines) is 2. The average Bonchev–Trinajstić information content (AvgIpc) is 3.45. The van der Waals surface area contributed by atoms with Crippen LogP contribution < -0.4 is 15.2 Å². The number of benzene rings is 1. The Morgan fingerprint density at radius 2 is 1.92 bits per heavy atom. The SMILES string of the molecule is COc1cc(C#Cc2nn(C3CN(C(=O)/C=C/CN4CCC(F)C4)C3)c3ncnc(N)c23)cc(OC)c1. The van der Waals surface area contributed by atoms with Crippen molar-refractivity contribution in [3.63, 3.8) is 0 Å². The fraction of sp³-hybridized carbons (Fsp3) is 0.385. The standard InChI is InChI=1S/C26H28FN7O3/c1-36-20-10-17(11-21(12-20)37-2)5-6-22-24-25(28)29-16-30-26(24)34(31-22)19-14-33(15-19)23(35)4-3-8-32-9-7-18(27)13-32/h3-4,10-12,16,18-19H,7-9,13-15H2,1-2H3,(H2,28,29,30)/b4-3+. The average molecular weight is 506 g/mol. The van der Waals surface area contributed by atoms with Crippen molar-refractivity contribution in [2.45, 2.75) is 18.6 Å². The smallest absolute Gasteiger partial charge is 0.246 e. The quantitative estimate of drug-likeness (QED) is 0.399. The van der Waals surface area contributed by atoms with E-state index in [0.29, 0.717) is 66.4 Å². The van der Waals surface area contributed by atoms with Crippen LogP contribution in [0.1, 0.15) is 23.7 Å². The second-order valence-electron chi connectivity index (χ2n) is 9.05. The maximum atomic E-state index is 13.3. The molecule has 0 radical (unpaired) electrons. The Morgan fingerprint density at radius 1 is 1.16 bits per heavy atom. The van der Waals surface area contributed by atoms with Crippen molar-refractivity contribution < 1.29 is 18.7 Å². The molecule has 37 heavy (non-hydrogen) atoms. The second-order valence-corrected chi connectivity index (χ2v) is 9.05. The molecule has 0 aliphatic carbocycles. The maximum absolute atomic E-state index is 13.3. The molecular formula is C26H28FN7O3. The molecule has 3 aromatic rings. The number of anilines is 1. The highest BCUT2D eigenvalue weighted by molar-refractivity contribution is 5.91. The largest absolute Gasteiger partial charge is 0.497 e. The lowest BCUT2D eigenvalue weighted by Gasteiger charge is -2.38. The molecule has 10 nitrogen and oxygen atoms in total. The number of alkyl halides is 1. The van der Waals surface area contributed by atoms with E-state index in [0.717, 1.165) is 6.54 Å². The van der Waals surface area contributed by atoms with Gasteiger partial charge in [-0.2, -0.15) is 5.10 Å². The normalized spacial score (nSPS) is 18.1. The first kappa shape index (κ1) is 24.5. The number of amides is 1. The number of aromatic nitrogens is 4. The minimum absolute atomic E-state index is 0.0625. The summed E-state index contributed by atoms with van der Waals surface area (Å²) in [6.45, 7) is 2.70. The van der Waals surface area contributed by atoms with E-state index in [2.05, 4.69) is 26.9 Å². The Labute approximate surface area is 213 Å². The number of ether oxygens (including phenoxy) is 2. The van der Waals surface area contributed by atoms with Gasteiger partial charge in [-0.15, -0.1) is 0 Å². The first-order valence-electron chi connectivity index (χ1n) is 12.0. The zero-order valence-electron chi connectivity index (χ0n) is 20.7. The number of hydrogen-bond donors (Lipinski definition) is 1. The van der Waals surface area contributed by atoms with Crippen molar-refractivity contribution >= 4 is 22.8 Å². The summed E-state index contributed by atoms with van der Waals surface area (Å²) in [5, 5.41) is 5.26. The van der Waals surface area contributed by atoms with E-state index >= 15 is 0 Å². The predicted octanol–water partition coefficient (Wildman–Crippen LogP) is 1.81. The monoisotopic (exact) mass is 505 g/mol. The van der Waals surface area contributed by atoms with E-state index in [1.165, 1.54) is 6.33 Å². The van der Waals surface area contributed by atoms with E-state index < -0.39 is 6.17 Å². The maximum Gasteiger partial charge on any atom is 0.246 e. The Morgan fingerprint density at radius 3 is 2.59 bits per heavy atom. The van der Waals surface area contributed by atoms with Gasteiger partial charge in [-0.05, 0) is 24.5 Å². The Bertz CT molecular complexity index is 1380. The first-order valence-corrected chi connectivity index (χ1v) is 12.0. The third kappa shape index (κ3) is 5.20. The molecule has 2 aliphatic heterocycles. The van der Waals surface area contributed by atoms with Crippen LogP contribution in [0.25, 0.3) is 11.0 Å². The van der Waals surface area contributed by atoms with E-state index in [9.17, 15) is 9.18 Å². The summed E-state index contributed by atoms with van der Waals surface area (Å²) in [7, 11) is 3.16. The number of nitrogens with zero attached hydrogens (tertiary/aromatic N) is 6. The molecule has 2 aromatic heterocycles. The summed E-state index contributed by atoms with van der Waals surface area (Å²) in [5.41, 5.74) is 7.89. The summed E-state index contributed by atoms with van der Waals surface area (Å²) < 4.78 is 25.7. The molecule has 2 aliphatic rings. The van der Waals surface area contributed by atoms with Crippen molar-refractivity contribution in [1.29, 1.82) is 0 Å². The van der Waals surface area contributed by atoms with Crippen molar-refractivity contribution in [3.8, 4) is 23.3 Å². The molecule has 11 heteroatoms. The number of hydrogen-bond acceptors (Lipinski definition) is 8. The summed E-state index contributed by atoms with van der Waals surface area (Å²) in [5.74, 6) is 7.65. The lowest BCUT2D eigenvalue weighted by Crippen LogP contribution is -2.50. The van der Waals surface area contributed by atoms with Crippen LogP contribution in [0.4, 0.5) is 10.2 Å². The number of nitrogen functional groups attached to an aromatic ring is 1. The van der Waals surface area contributed by atoms with Crippen LogP contribution in [0.2, 0.25) is 0 Å². The molecule has 1 aromatic carbocycles. The Balaban J connectivity index is 1.32. The van der Waals surface area contributed by atoms with Gasteiger partial charge >= 0.3 is 0 Å². The van der Waals surface area contributed by atoms with Gasteiger partial charge in [-0.25, -0.2) is 19.0 Å². The summed E-state index contributed by atoms with van der Waals surface area (Å²) in [6, 6.07) is 5.31. The van der Waals surface area contributed by atoms with Gasteiger partial charge in [0.15, 0.2) is 5.65 Å². The van der Waals surface area contributed by atoms with Gasteiger partial charge in [-0.1, -0.05) is 12.0 Å². The minimum atomic E-state index is -0.769. The number of carbonyl (C=O) groups excluding carboxylic acids is 1. The van der Waals surface area contributed by atoms with Gasteiger partial charge in [0.05, 0.1) is 25.6 Å². The molecule has 4 heterocycles.